The number of H-pyrrole nitrogens is 1. The maximum absolute atomic E-state index is 13.3. The molecule has 0 bridgehead atoms. The Morgan fingerprint density at radius 1 is 1.00 bits per heavy atom. The number of anilines is 1. The van der Waals surface area contributed by atoms with Crippen LogP contribution in [0.2, 0.25) is 0 Å². The van der Waals surface area contributed by atoms with Gasteiger partial charge in [-0.05, 0) is 40.8 Å². The number of aliphatic hydroxyl groups excluding tert-OH is 1. The van der Waals surface area contributed by atoms with Crippen LogP contribution in [-0.4, -0.2) is 26.8 Å². The minimum atomic E-state index is -0.803. The van der Waals surface area contributed by atoms with Crippen LogP contribution in [0, 0.1) is 0 Å². The summed E-state index contributed by atoms with van der Waals surface area (Å²) in [6.45, 7) is 6.35. The Kier molecular flexibility index (Phi) is 5.09. The molecule has 1 atom stereocenters. The molecule has 4 aromatic rings. The van der Waals surface area contributed by atoms with Crippen molar-refractivity contribution in [1.29, 1.82) is 0 Å². The Hall–Kier alpha value is -4.19. The molecule has 0 spiro atoms. The zero-order valence-corrected chi connectivity index (χ0v) is 19.2. The first-order valence-electron chi connectivity index (χ1n) is 11.2. The van der Waals surface area contributed by atoms with E-state index in [-0.39, 0.29) is 16.7 Å². The molecule has 1 aliphatic heterocycles. The summed E-state index contributed by atoms with van der Waals surface area (Å²) in [6, 6.07) is 17.9. The molecule has 6 nitrogen and oxygen atoms in total. The molecule has 2 N–H and O–H groups in total. The Morgan fingerprint density at radius 3 is 2.41 bits per heavy atom. The minimum Gasteiger partial charge on any atom is -0.507 e. The molecule has 1 amide bonds. The summed E-state index contributed by atoms with van der Waals surface area (Å²) in [5.41, 5.74) is 3.64. The van der Waals surface area contributed by atoms with E-state index in [1.54, 1.807) is 24.7 Å². The number of ketones is 1. The number of aliphatic hydroxyl groups is 1. The number of carbonyl (C=O) groups excluding carboxylic acids is 2. The third-order valence-corrected chi connectivity index (χ3v) is 6.30. The van der Waals surface area contributed by atoms with Crippen LogP contribution < -0.4 is 4.90 Å². The summed E-state index contributed by atoms with van der Waals surface area (Å²) < 4.78 is 0. The third-order valence-electron chi connectivity index (χ3n) is 6.30. The van der Waals surface area contributed by atoms with E-state index in [9.17, 15) is 14.7 Å². The SMILES string of the molecule is CC(C)(C)c1ccc(N2C(=O)C(=O)/C(=C(\O)c3c[nH]c4ccccc34)C2c2cccnc2)cc1. The molecule has 0 saturated carbocycles. The van der Waals surface area contributed by atoms with Crippen molar-refractivity contribution in [2.24, 2.45) is 0 Å². The van der Waals surface area contributed by atoms with Gasteiger partial charge in [0.05, 0.1) is 11.6 Å². The van der Waals surface area contributed by atoms with Crippen molar-refractivity contribution in [3.8, 4) is 0 Å². The van der Waals surface area contributed by atoms with Gasteiger partial charge in [-0.25, -0.2) is 0 Å². The number of hydrogen-bond donors (Lipinski definition) is 2. The number of para-hydroxylation sites is 1. The van der Waals surface area contributed by atoms with E-state index in [0.29, 0.717) is 16.8 Å². The lowest BCUT2D eigenvalue weighted by Crippen LogP contribution is -2.29. The normalized spacial score (nSPS) is 18.1. The summed E-state index contributed by atoms with van der Waals surface area (Å²) in [5, 5.41) is 12.2. The summed E-state index contributed by atoms with van der Waals surface area (Å²) in [7, 11) is 0. The number of fused-ring (bicyclic) bond motifs is 1. The fourth-order valence-corrected chi connectivity index (χ4v) is 4.49. The first kappa shape index (κ1) is 21.6. The lowest BCUT2D eigenvalue weighted by atomic mass is 9.87. The fourth-order valence-electron chi connectivity index (χ4n) is 4.49. The molecule has 1 saturated heterocycles. The van der Waals surface area contributed by atoms with Gasteiger partial charge in [0.15, 0.2) is 0 Å². The van der Waals surface area contributed by atoms with E-state index >= 15 is 0 Å². The van der Waals surface area contributed by atoms with Gasteiger partial charge in [0, 0.05) is 40.7 Å². The van der Waals surface area contributed by atoms with Crippen LogP contribution in [0.5, 0.6) is 0 Å². The number of benzene rings is 2. The molecule has 1 aliphatic rings. The summed E-state index contributed by atoms with van der Waals surface area (Å²) in [4.78, 5) is 35.4. The second kappa shape index (κ2) is 7.99. The number of carbonyl (C=O) groups is 2. The van der Waals surface area contributed by atoms with Crippen LogP contribution in [-0.2, 0) is 15.0 Å². The van der Waals surface area contributed by atoms with Crippen molar-refractivity contribution in [3.05, 3.63) is 102 Å². The average molecular weight is 452 g/mol. The predicted octanol–water partition coefficient (Wildman–Crippen LogP) is 5.49. The number of amides is 1. The number of aromatic amines is 1. The smallest absolute Gasteiger partial charge is 0.300 e. The molecule has 1 fully saturated rings. The lowest BCUT2D eigenvalue weighted by molar-refractivity contribution is -0.132. The first-order chi connectivity index (χ1) is 16.3. The molecule has 34 heavy (non-hydrogen) atoms. The number of aromatic nitrogens is 2. The fraction of sp³-hybridized carbons (Fsp3) is 0.179. The van der Waals surface area contributed by atoms with Crippen molar-refractivity contribution < 1.29 is 14.7 Å². The third kappa shape index (κ3) is 3.48. The topological polar surface area (TPSA) is 86.3 Å². The molecule has 170 valence electrons. The zero-order valence-electron chi connectivity index (χ0n) is 19.2. The largest absolute Gasteiger partial charge is 0.507 e. The quantitative estimate of drug-likeness (QED) is 0.245. The molecular formula is C28H25N3O3. The molecule has 5 rings (SSSR count). The highest BCUT2D eigenvalue weighted by Crippen LogP contribution is 2.43. The van der Waals surface area contributed by atoms with E-state index in [0.717, 1.165) is 16.5 Å². The second-order valence-electron chi connectivity index (χ2n) is 9.50. The number of pyridine rings is 1. The summed E-state index contributed by atoms with van der Waals surface area (Å²) in [6.07, 6.45) is 4.91. The van der Waals surface area contributed by atoms with Crippen LogP contribution in [0.4, 0.5) is 5.69 Å². The Balaban J connectivity index is 1.70. The van der Waals surface area contributed by atoms with Gasteiger partial charge in [-0.2, -0.15) is 0 Å². The maximum Gasteiger partial charge on any atom is 0.300 e. The predicted molar refractivity (Wildman–Crippen MR) is 132 cm³/mol. The number of nitrogens with zero attached hydrogens (tertiary/aromatic N) is 2. The van der Waals surface area contributed by atoms with E-state index in [1.165, 1.54) is 4.90 Å². The number of nitrogens with one attached hydrogen (secondary N) is 1. The second-order valence-corrected chi connectivity index (χ2v) is 9.50. The standard InChI is InChI=1S/C28H25N3O3/c1-28(2,3)18-10-12-19(13-11-18)31-24(17-7-6-14-29-15-17)23(26(33)27(31)34)25(32)21-16-30-22-9-5-4-8-20(21)22/h4-16,24,30,32H,1-3H3/b25-23-. The van der Waals surface area contributed by atoms with Crippen molar-refractivity contribution in [3.63, 3.8) is 0 Å². The van der Waals surface area contributed by atoms with E-state index in [2.05, 4.69) is 30.7 Å². The van der Waals surface area contributed by atoms with Gasteiger partial charge in [0.2, 0.25) is 0 Å². The zero-order chi connectivity index (χ0) is 24.0. The Labute approximate surface area is 197 Å². The van der Waals surface area contributed by atoms with Crippen LogP contribution in [0.25, 0.3) is 16.7 Å². The molecule has 2 aromatic carbocycles. The molecular weight excluding hydrogens is 426 g/mol. The monoisotopic (exact) mass is 451 g/mol. The number of hydrogen-bond acceptors (Lipinski definition) is 4. The Morgan fingerprint density at radius 2 is 1.74 bits per heavy atom. The molecule has 3 heterocycles. The van der Waals surface area contributed by atoms with E-state index in [4.69, 9.17) is 0 Å². The summed E-state index contributed by atoms with van der Waals surface area (Å²) in [5.74, 6) is -1.62. The maximum atomic E-state index is 13.3. The minimum absolute atomic E-state index is 0.0441. The summed E-state index contributed by atoms with van der Waals surface area (Å²) >= 11 is 0. The van der Waals surface area contributed by atoms with Gasteiger partial charge in [0.25, 0.3) is 11.7 Å². The first-order valence-corrected chi connectivity index (χ1v) is 11.2. The Bertz CT molecular complexity index is 1430. The number of rotatable bonds is 3. The van der Waals surface area contributed by atoms with Crippen molar-refractivity contribution >= 4 is 34.0 Å². The lowest BCUT2D eigenvalue weighted by Gasteiger charge is -2.26. The van der Waals surface area contributed by atoms with Gasteiger partial charge in [-0.1, -0.05) is 57.2 Å². The van der Waals surface area contributed by atoms with Crippen molar-refractivity contribution in [2.45, 2.75) is 32.2 Å². The van der Waals surface area contributed by atoms with Gasteiger partial charge in [0.1, 0.15) is 5.76 Å². The highest BCUT2D eigenvalue weighted by Gasteiger charge is 2.47. The number of Topliss-reactive ketones (excluding diaryl/α,β-unsaturated/α-hetero) is 1. The van der Waals surface area contributed by atoms with Gasteiger partial charge >= 0.3 is 0 Å². The molecule has 6 heteroatoms. The van der Waals surface area contributed by atoms with Gasteiger partial charge < -0.3 is 10.1 Å². The van der Waals surface area contributed by atoms with Gasteiger partial charge in [-0.15, -0.1) is 0 Å². The van der Waals surface area contributed by atoms with Crippen molar-refractivity contribution in [2.75, 3.05) is 4.90 Å². The van der Waals surface area contributed by atoms with Crippen molar-refractivity contribution in [1.82, 2.24) is 9.97 Å². The highest BCUT2D eigenvalue weighted by molar-refractivity contribution is 6.51. The van der Waals surface area contributed by atoms with Crippen LogP contribution >= 0.6 is 0 Å². The van der Waals surface area contributed by atoms with Crippen LogP contribution in [0.15, 0.2) is 84.8 Å². The van der Waals surface area contributed by atoms with Crippen LogP contribution in [0.3, 0.4) is 0 Å². The average Bonchev–Trinajstić information content (AvgIpc) is 3.38. The van der Waals surface area contributed by atoms with Crippen LogP contribution in [0.1, 0.15) is 43.5 Å². The molecule has 0 radical (unpaired) electrons. The van der Waals surface area contributed by atoms with E-state index < -0.39 is 17.7 Å². The van der Waals surface area contributed by atoms with E-state index in [1.807, 2.05) is 54.6 Å². The van der Waals surface area contributed by atoms with Gasteiger partial charge in [-0.3, -0.25) is 19.5 Å². The molecule has 0 aliphatic carbocycles. The molecule has 2 aromatic heterocycles. The molecule has 1 unspecified atom stereocenters. The highest BCUT2D eigenvalue weighted by atomic mass is 16.3.